The Labute approximate surface area is 98.5 Å². The van der Waals surface area contributed by atoms with Gasteiger partial charge in [0.15, 0.2) is 0 Å². The van der Waals surface area contributed by atoms with Gasteiger partial charge < -0.3 is 5.32 Å². The molecule has 1 heterocycles. The van der Waals surface area contributed by atoms with Crippen molar-refractivity contribution in [2.75, 3.05) is 6.54 Å². The predicted molar refractivity (Wildman–Crippen MR) is 67.4 cm³/mol. The van der Waals surface area contributed by atoms with E-state index in [1.54, 1.807) is 0 Å². The lowest BCUT2D eigenvalue weighted by Gasteiger charge is -2.24. The van der Waals surface area contributed by atoms with Crippen LogP contribution in [0.1, 0.15) is 38.7 Å². The molecule has 1 aliphatic rings. The number of pyridine rings is 1. The summed E-state index contributed by atoms with van der Waals surface area (Å²) < 4.78 is 0. The molecule has 0 radical (unpaired) electrons. The van der Waals surface area contributed by atoms with Crippen LogP contribution in [0.15, 0.2) is 24.5 Å². The Hall–Kier alpha value is -0.890. The van der Waals surface area contributed by atoms with E-state index >= 15 is 0 Å². The van der Waals surface area contributed by atoms with Gasteiger partial charge in [0, 0.05) is 18.4 Å². The fraction of sp³-hybridized carbons (Fsp3) is 0.643. The van der Waals surface area contributed by atoms with E-state index in [1.165, 1.54) is 31.2 Å². The van der Waals surface area contributed by atoms with Gasteiger partial charge in [0.2, 0.25) is 0 Å². The molecule has 1 aromatic rings. The average Bonchev–Trinajstić information content (AvgIpc) is 2.62. The van der Waals surface area contributed by atoms with Crippen molar-refractivity contribution < 1.29 is 0 Å². The number of nitrogens with one attached hydrogen (secondary N) is 1. The van der Waals surface area contributed by atoms with Crippen LogP contribution in [0.3, 0.4) is 0 Å². The Morgan fingerprint density at radius 1 is 1.44 bits per heavy atom. The first-order chi connectivity index (χ1) is 7.72. The van der Waals surface area contributed by atoms with Crippen molar-refractivity contribution in [3.8, 4) is 0 Å². The van der Waals surface area contributed by atoms with E-state index in [0.717, 1.165) is 12.6 Å². The summed E-state index contributed by atoms with van der Waals surface area (Å²) in [4.78, 5) is 4.07. The summed E-state index contributed by atoms with van der Waals surface area (Å²) in [6.45, 7) is 5.71. The minimum Gasteiger partial charge on any atom is -0.314 e. The first kappa shape index (κ1) is 11.6. The maximum absolute atomic E-state index is 4.07. The first-order valence-electron chi connectivity index (χ1n) is 6.34. The second kappa shape index (κ2) is 4.96. The molecule has 1 aromatic heterocycles. The Morgan fingerprint density at radius 3 is 2.88 bits per heavy atom. The highest BCUT2D eigenvalue weighted by molar-refractivity contribution is 5.13. The number of hydrogen-bond donors (Lipinski definition) is 1. The molecule has 88 valence electrons. The van der Waals surface area contributed by atoms with Crippen LogP contribution in [0, 0.1) is 5.41 Å². The van der Waals surface area contributed by atoms with Crippen molar-refractivity contribution >= 4 is 0 Å². The van der Waals surface area contributed by atoms with Crippen molar-refractivity contribution in [2.45, 2.75) is 45.6 Å². The van der Waals surface area contributed by atoms with E-state index in [1.807, 2.05) is 12.4 Å². The quantitative estimate of drug-likeness (QED) is 0.840. The van der Waals surface area contributed by atoms with Gasteiger partial charge in [-0.2, -0.15) is 0 Å². The standard InChI is InChI=1S/C14H22N2/c1-3-16-13-4-7-14(2,11-13)10-12-5-8-15-9-6-12/h5-6,8-9,13,16H,3-4,7,10-11H2,1-2H3. The van der Waals surface area contributed by atoms with Crippen LogP contribution in [-0.4, -0.2) is 17.6 Å². The Kier molecular flexibility index (Phi) is 3.59. The Balaban J connectivity index is 1.95. The van der Waals surface area contributed by atoms with Crippen molar-refractivity contribution in [3.63, 3.8) is 0 Å². The Morgan fingerprint density at radius 2 is 2.19 bits per heavy atom. The summed E-state index contributed by atoms with van der Waals surface area (Å²) in [5.41, 5.74) is 1.91. The maximum Gasteiger partial charge on any atom is 0.0270 e. The smallest absolute Gasteiger partial charge is 0.0270 e. The fourth-order valence-corrected chi connectivity index (χ4v) is 2.94. The van der Waals surface area contributed by atoms with E-state index in [9.17, 15) is 0 Å². The lowest BCUT2D eigenvalue weighted by atomic mass is 9.82. The van der Waals surface area contributed by atoms with Crippen LogP contribution < -0.4 is 5.32 Å². The zero-order valence-electron chi connectivity index (χ0n) is 10.4. The van der Waals surface area contributed by atoms with Gasteiger partial charge in [0.25, 0.3) is 0 Å². The van der Waals surface area contributed by atoms with Crippen LogP contribution in [-0.2, 0) is 6.42 Å². The second-order valence-corrected chi connectivity index (χ2v) is 5.34. The topological polar surface area (TPSA) is 24.9 Å². The summed E-state index contributed by atoms with van der Waals surface area (Å²) in [7, 11) is 0. The molecular formula is C14H22N2. The molecule has 2 unspecified atom stereocenters. The second-order valence-electron chi connectivity index (χ2n) is 5.34. The normalized spacial score (nSPS) is 29.5. The van der Waals surface area contributed by atoms with Crippen LogP contribution in [0.2, 0.25) is 0 Å². The molecule has 1 fully saturated rings. The molecule has 0 spiro atoms. The molecule has 1 N–H and O–H groups in total. The highest BCUT2D eigenvalue weighted by Gasteiger charge is 2.34. The number of aromatic nitrogens is 1. The number of rotatable bonds is 4. The van der Waals surface area contributed by atoms with E-state index in [4.69, 9.17) is 0 Å². The van der Waals surface area contributed by atoms with Gasteiger partial charge >= 0.3 is 0 Å². The van der Waals surface area contributed by atoms with Crippen LogP contribution in [0.4, 0.5) is 0 Å². The highest BCUT2D eigenvalue weighted by Crippen LogP contribution is 2.40. The minimum atomic E-state index is 0.480. The van der Waals surface area contributed by atoms with Gasteiger partial charge in [-0.15, -0.1) is 0 Å². The molecule has 16 heavy (non-hydrogen) atoms. The van der Waals surface area contributed by atoms with Crippen LogP contribution in [0.25, 0.3) is 0 Å². The van der Waals surface area contributed by atoms with Gasteiger partial charge in [0.1, 0.15) is 0 Å². The van der Waals surface area contributed by atoms with E-state index in [0.29, 0.717) is 5.41 Å². The molecular weight excluding hydrogens is 196 g/mol. The summed E-state index contributed by atoms with van der Waals surface area (Å²) in [5, 5.41) is 3.57. The molecule has 1 aliphatic carbocycles. The molecule has 2 atom stereocenters. The van der Waals surface area contributed by atoms with E-state index in [2.05, 4.69) is 36.3 Å². The number of nitrogens with zero attached hydrogens (tertiary/aromatic N) is 1. The first-order valence-corrected chi connectivity index (χ1v) is 6.34. The van der Waals surface area contributed by atoms with E-state index in [-0.39, 0.29) is 0 Å². The summed E-state index contributed by atoms with van der Waals surface area (Å²) >= 11 is 0. The molecule has 0 aliphatic heterocycles. The van der Waals surface area contributed by atoms with Gasteiger partial charge in [-0.1, -0.05) is 13.8 Å². The molecule has 0 amide bonds. The third-order valence-corrected chi connectivity index (χ3v) is 3.71. The minimum absolute atomic E-state index is 0.480. The Bertz CT molecular complexity index is 323. The molecule has 2 rings (SSSR count). The van der Waals surface area contributed by atoms with Gasteiger partial charge in [-0.25, -0.2) is 0 Å². The zero-order valence-corrected chi connectivity index (χ0v) is 10.4. The van der Waals surface area contributed by atoms with Crippen molar-refractivity contribution in [2.24, 2.45) is 5.41 Å². The monoisotopic (exact) mass is 218 g/mol. The molecule has 0 saturated heterocycles. The van der Waals surface area contributed by atoms with Crippen molar-refractivity contribution in [1.82, 2.24) is 10.3 Å². The fourth-order valence-electron chi connectivity index (χ4n) is 2.94. The predicted octanol–water partition coefficient (Wildman–Crippen LogP) is 2.79. The zero-order chi connectivity index (χ0) is 11.4. The SMILES string of the molecule is CCNC1CCC(C)(Cc2ccncc2)C1. The van der Waals surface area contributed by atoms with E-state index < -0.39 is 0 Å². The lowest BCUT2D eigenvalue weighted by Crippen LogP contribution is -2.28. The average molecular weight is 218 g/mol. The third-order valence-electron chi connectivity index (χ3n) is 3.71. The molecule has 0 aromatic carbocycles. The van der Waals surface area contributed by atoms with Gasteiger partial charge in [-0.05, 0) is 55.3 Å². The largest absolute Gasteiger partial charge is 0.314 e. The highest BCUT2D eigenvalue weighted by atomic mass is 14.9. The van der Waals surface area contributed by atoms with Gasteiger partial charge in [-0.3, -0.25) is 4.98 Å². The summed E-state index contributed by atoms with van der Waals surface area (Å²) in [5.74, 6) is 0. The third kappa shape index (κ3) is 2.82. The van der Waals surface area contributed by atoms with Crippen molar-refractivity contribution in [1.29, 1.82) is 0 Å². The maximum atomic E-state index is 4.07. The number of hydrogen-bond acceptors (Lipinski definition) is 2. The van der Waals surface area contributed by atoms with Gasteiger partial charge in [0.05, 0.1) is 0 Å². The molecule has 0 bridgehead atoms. The van der Waals surface area contributed by atoms with Crippen LogP contribution in [0.5, 0.6) is 0 Å². The molecule has 2 nitrogen and oxygen atoms in total. The van der Waals surface area contributed by atoms with Crippen molar-refractivity contribution in [3.05, 3.63) is 30.1 Å². The van der Waals surface area contributed by atoms with Crippen LogP contribution >= 0.6 is 0 Å². The molecule has 1 saturated carbocycles. The molecule has 2 heteroatoms. The lowest BCUT2D eigenvalue weighted by molar-refractivity contribution is 0.322. The summed E-state index contributed by atoms with van der Waals surface area (Å²) in [6.07, 6.45) is 8.97. The summed E-state index contributed by atoms with van der Waals surface area (Å²) in [6, 6.07) is 5.02.